The minimum absolute atomic E-state index is 0.0103. The summed E-state index contributed by atoms with van der Waals surface area (Å²) in [6.07, 6.45) is -0.209. The first-order valence-electron chi connectivity index (χ1n) is 18.7. The highest BCUT2D eigenvalue weighted by molar-refractivity contribution is 7.99. The van der Waals surface area contributed by atoms with E-state index in [0.717, 1.165) is 39.9 Å². The van der Waals surface area contributed by atoms with Crippen molar-refractivity contribution < 1.29 is 29.0 Å². The number of benzene rings is 3. The first kappa shape index (κ1) is 41.6. The van der Waals surface area contributed by atoms with Crippen LogP contribution in [-0.2, 0) is 32.1 Å². The van der Waals surface area contributed by atoms with Crippen molar-refractivity contribution in [3.63, 3.8) is 0 Å². The molecule has 1 saturated heterocycles. The average Bonchev–Trinajstić information content (AvgIpc) is 3.55. The van der Waals surface area contributed by atoms with Crippen molar-refractivity contribution in [2.45, 2.75) is 96.7 Å². The summed E-state index contributed by atoms with van der Waals surface area (Å²) in [6.45, 7) is 8.61. The minimum atomic E-state index is -1.13. The maximum absolute atomic E-state index is 14.3. The van der Waals surface area contributed by atoms with Crippen LogP contribution in [0.4, 0.5) is 4.79 Å². The van der Waals surface area contributed by atoms with Gasteiger partial charge < -0.3 is 31.1 Å². The molecule has 1 aliphatic heterocycles. The molecule has 5 N–H and O–H groups in total. The van der Waals surface area contributed by atoms with E-state index >= 15 is 0 Å². The Balaban J connectivity index is 1.55. The van der Waals surface area contributed by atoms with Crippen molar-refractivity contribution >= 4 is 46.3 Å². The highest BCUT2D eigenvalue weighted by Gasteiger charge is 2.34. The monoisotopic (exact) mass is 747 g/mol. The number of hydrogen-bond donors (Lipinski definition) is 5. The summed E-state index contributed by atoms with van der Waals surface area (Å²) in [5.74, 6) is 0.733. The summed E-state index contributed by atoms with van der Waals surface area (Å²) in [4.78, 5) is 56.5. The number of hydrogen-bond acceptors (Lipinski definition) is 8. The Morgan fingerprint density at radius 1 is 0.906 bits per heavy atom. The number of carbonyl (C=O) groups excluding carboxylic acids is 4. The van der Waals surface area contributed by atoms with Gasteiger partial charge in [0.25, 0.3) is 0 Å². The molecule has 0 radical (unpaired) electrons. The third-order valence-electron chi connectivity index (χ3n) is 9.75. The van der Waals surface area contributed by atoms with Gasteiger partial charge in [0.1, 0.15) is 18.7 Å². The molecule has 4 rings (SSSR count). The fraction of sp³-hybridized carbons (Fsp3) is 0.512. The Kier molecular flexibility index (Phi) is 16.4. The zero-order chi connectivity index (χ0) is 38.3. The number of amides is 4. The summed E-state index contributed by atoms with van der Waals surface area (Å²) >= 11 is 1.75. The van der Waals surface area contributed by atoms with Gasteiger partial charge in [-0.2, -0.15) is 0 Å². The van der Waals surface area contributed by atoms with Crippen molar-refractivity contribution in [2.75, 3.05) is 25.2 Å². The Morgan fingerprint density at radius 2 is 1.60 bits per heavy atom. The molecule has 0 spiro atoms. The summed E-state index contributed by atoms with van der Waals surface area (Å²) in [5.41, 5.74) is 1.66. The third kappa shape index (κ3) is 13.3. The van der Waals surface area contributed by atoms with E-state index in [9.17, 15) is 24.3 Å². The molecule has 0 saturated carbocycles. The van der Waals surface area contributed by atoms with Gasteiger partial charge in [0.2, 0.25) is 17.7 Å². The number of nitrogens with zero attached hydrogens (tertiary/aromatic N) is 1. The van der Waals surface area contributed by atoms with E-state index in [2.05, 4.69) is 33.1 Å². The van der Waals surface area contributed by atoms with Crippen molar-refractivity contribution in [1.82, 2.24) is 26.2 Å². The zero-order valence-electron chi connectivity index (χ0n) is 31.7. The largest absolute Gasteiger partial charge is 0.445 e. The quantitative estimate of drug-likeness (QED) is 0.115. The highest BCUT2D eigenvalue weighted by Crippen LogP contribution is 2.24. The number of thioether (sulfide) groups is 1. The van der Waals surface area contributed by atoms with E-state index in [1.807, 2.05) is 101 Å². The molecule has 4 amide bonds. The standard InChI is InChI=1S/C41H57N5O6S/c1-6-28(4)23-42-38(48)22-37(47)34(19-27(2)3)43-40(50)36(21-32-25-53-26-46(32)5)44-39(49)35(45-41(51)52-24-29-13-8-7-9-14-29)20-31-17-12-16-30-15-10-11-18-33(30)31/h7-18,27-28,32,34-37,47H,6,19-26H2,1-5H3,(H,42,48)(H,43,50)(H,44,49)(H,45,51)/t28?,32?,34?,35-,36-,37?/m0/s1. The lowest BCUT2D eigenvalue weighted by Gasteiger charge is -2.30. The van der Waals surface area contributed by atoms with Crippen LogP contribution in [0, 0.1) is 11.8 Å². The van der Waals surface area contributed by atoms with E-state index in [4.69, 9.17) is 4.74 Å². The van der Waals surface area contributed by atoms with Crippen LogP contribution in [0.3, 0.4) is 0 Å². The molecule has 0 bridgehead atoms. The number of ether oxygens (including phenoxy) is 1. The van der Waals surface area contributed by atoms with Gasteiger partial charge in [-0.3, -0.25) is 19.3 Å². The van der Waals surface area contributed by atoms with Crippen LogP contribution in [0.2, 0.25) is 0 Å². The number of nitrogens with one attached hydrogen (secondary N) is 4. The maximum Gasteiger partial charge on any atom is 0.408 e. The van der Waals surface area contributed by atoms with Crippen LogP contribution in [0.15, 0.2) is 72.8 Å². The van der Waals surface area contributed by atoms with Crippen molar-refractivity contribution in [2.24, 2.45) is 11.8 Å². The van der Waals surface area contributed by atoms with Gasteiger partial charge in [-0.15, -0.1) is 11.8 Å². The van der Waals surface area contributed by atoms with E-state index in [1.54, 1.807) is 11.8 Å². The van der Waals surface area contributed by atoms with Gasteiger partial charge in [-0.05, 0) is 53.6 Å². The molecule has 1 aliphatic rings. The molecular weight excluding hydrogens is 691 g/mol. The molecule has 288 valence electrons. The number of fused-ring (bicyclic) bond motifs is 1. The Bertz CT molecular complexity index is 1640. The van der Waals surface area contributed by atoms with Crippen LogP contribution in [0.1, 0.15) is 64.5 Å². The van der Waals surface area contributed by atoms with Gasteiger partial charge in [0.15, 0.2) is 0 Å². The predicted octanol–water partition coefficient (Wildman–Crippen LogP) is 5.00. The highest BCUT2D eigenvalue weighted by atomic mass is 32.2. The van der Waals surface area contributed by atoms with Crippen molar-refractivity contribution in [3.05, 3.63) is 83.9 Å². The average molecular weight is 748 g/mol. The first-order chi connectivity index (χ1) is 25.4. The van der Waals surface area contributed by atoms with E-state index in [0.29, 0.717) is 25.3 Å². The number of aliphatic hydroxyl groups is 1. The second-order valence-electron chi connectivity index (χ2n) is 14.6. The smallest absolute Gasteiger partial charge is 0.408 e. The zero-order valence-corrected chi connectivity index (χ0v) is 32.5. The second kappa shape index (κ2) is 20.9. The van der Waals surface area contributed by atoms with Crippen LogP contribution in [0.5, 0.6) is 0 Å². The van der Waals surface area contributed by atoms with Crippen LogP contribution < -0.4 is 21.3 Å². The fourth-order valence-electron chi connectivity index (χ4n) is 6.34. The summed E-state index contributed by atoms with van der Waals surface area (Å²) < 4.78 is 5.51. The Labute approximate surface area is 318 Å². The molecule has 1 fully saturated rings. The lowest BCUT2D eigenvalue weighted by Crippen LogP contribution is -2.58. The third-order valence-corrected chi connectivity index (χ3v) is 11.0. The summed E-state index contributed by atoms with van der Waals surface area (Å²) in [6, 6.07) is 20.2. The van der Waals surface area contributed by atoms with Gasteiger partial charge >= 0.3 is 6.09 Å². The minimum Gasteiger partial charge on any atom is -0.445 e. The van der Waals surface area contributed by atoms with E-state index in [1.165, 1.54) is 0 Å². The SMILES string of the molecule is CCC(C)CNC(=O)CC(O)C(CC(C)C)NC(=O)[C@H](CC1CSCN1C)NC(=O)[C@H](Cc1cccc2ccccc12)NC(=O)OCc1ccccc1. The van der Waals surface area contributed by atoms with Gasteiger partial charge in [-0.25, -0.2) is 4.79 Å². The van der Waals surface area contributed by atoms with Crippen LogP contribution >= 0.6 is 11.8 Å². The molecule has 1 heterocycles. The van der Waals surface area contributed by atoms with E-state index in [-0.39, 0.29) is 37.3 Å². The molecule has 11 nitrogen and oxygen atoms in total. The first-order valence-corrected chi connectivity index (χ1v) is 19.9. The van der Waals surface area contributed by atoms with Gasteiger partial charge in [0, 0.05) is 30.6 Å². The topological polar surface area (TPSA) is 149 Å². The lowest BCUT2D eigenvalue weighted by molar-refractivity contribution is -0.131. The number of aliphatic hydroxyl groups excluding tert-OH is 1. The molecule has 4 unspecified atom stereocenters. The fourth-order valence-corrected chi connectivity index (χ4v) is 7.60. The summed E-state index contributed by atoms with van der Waals surface area (Å²) in [7, 11) is 1.98. The second-order valence-corrected chi connectivity index (χ2v) is 15.6. The Morgan fingerprint density at radius 3 is 2.30 bits per heavy atom. The number of carbonyl (C=O) groups is 4. The van der Waals surface area contributed by atoms with Crippen LogP contribution in [0.25, 0.3) is 10.8 Å². The molecule has 3 aromatic carbocycles. The predicted molar refractivity (Wildman–Crippen MR) is 211 cm³/mol. The maximum atomic E-state index is 14.3. The normalized spacial score (nSPS) is 17.4. The number of alkyl carbamates (subject to hydrolysis) is 1. The molecular formula is C41H57N5O6S. The van der Waals surface area contributed by atoms with Crippen molar-refractivity contribution in [3.8, 4) is 0 Å². The van der Waals surface area contributed by atoms with E-state index < -0.39 is 42.1 Å². The van der Waals surface area contributed by atoms with Gasteiger partial charge in [0.05, 0.1) is 18.6 Å². The van der Waals surface area contributed by atoms with Crippen molar-refractivity contribution in [1.29, 1.82) is 0 Å². The molecule has 0 aromatic heterocycles. The Hall–Kier alpha value is -4.13. The van der Waals surface area contributed by atoms with Gasteiger partial charge in [-0.1, -0.05) is 107 Å². The molecule has 12 heteroatoms. The lowest BCUT2D eigenvalue weighted by atomic mass is 9.95. The summed E-state index contributed by atoms with van der Waals surface area (Å²) in [5, 5.41) is 24.8. The van der Waals surface area contributed by atoms with Crippen LogP contribution in [-0.4, -0.2) is 89.3 Å². The molecule has 53 heavy (non-hydrogen) atoms. The molecule has 6 atom stereocenters. The molecule has 0 aliphatic carbocycles. The number of rotatable bonds is 19. The molecule has 3 aromatic rings.